The molecule has 5 nitrogen and oxygen atoms in total. The summed E-state index contributed by atoms with van der Waals surface area (Å²) < 4.78 is 17.9. The lowest BCUT2D eigenvalue weighted by Gasteiger charge is -2.07. The molecule has 1 unspecified atom stereocenters. The number of primary amides is 1. The van der Waals surface area contributed by atoms with E-state index in [9.17, 15) is 14.0 Å². The van der Waals surface area contributed by atoms with Crippen molar-refractivity contribution < 1.29 is 18.7 Å². The highest BCUT2D eigenvalue weighted by Crippen LogP contribution is 2.12. The number of rotatable bonds is 6. The molecule has 1 aromatic carbocycles. The Morgan fingerprint density at radius 3 is 2.83 bits per heavy atom. The molecule has 0 aliphatic rings. The Kier molecular flexibility index (Phi) is 5.10. The van der Waals surface area contributed by atoms with Crippen molar-refractivity contribution in [3.63, 3.8) is 0 Å². The summed E-state index contributed by atoms with van der Waals surface area (Å²) in [6.45, 7) is 0.222. The van der Waals surface area contributed by atoms with Crippen LogP contribution in [0.3, 0.4) is 0 Å². The maximum atomic E-state index is 12.9. The van der Waals surface area contributed by atoms with Crippen molar-refractivity contribution in [2.75, 3.05) is 13.7 Å². The van der Waals surface area contributed by atoms with Crippen LogP contribution in [0.15, 0.2) is 24.3 Å². The normalized spacial score (nSPS) is 11.7. The van der Waals surface area contributed by atoms with Crippen LogP contribution < -0.4 is 15.8 Å². The first-order valence-corrected chi connectivity index (χ1v) is 5.38. The average Bonchev–Trinajstić information content (AvgIpc) is 2.37. The molecule has 0 radical (unpaired) electrons. The fourth-order valence-corrected chi connectivity index (χ4v) is 1.38. The number of amides is 2. The van der Waals surface area contributed by atoms with Gasteiger partial charge in [0.2, 0.25) is 0 Å². The van der Waals surface area contributed by atoms with Crippen LogP contribution in [-0.4, -0.2) is 31.6 Å². The molecule has 0 saturated heterocycles. The molecule has 0 spiro atoms. The van der Waals surface area contributed by atoms with Crippen molar-refractivity contribution in [2.45, 2.75) is 12.6 Å². The van der Waals surface area contributed by atoms with Crippen molar-refractivity contribution in [1.82, 2.24) is 5.32 Å². The second-order valence-electron chi connectivity index (χ2n) is 3.66. The third kappa shape index (κ3) is 4.04. The molecule has 0 aromatic heterocycles. The molecule has 0 saturated carbocycles. The second kappa shape index (κ2) is 6.58. The maximum Gasteiger partial charge on any atom is 0.264 e. The zero-order chi connectivity index (χ0) is 13.5. The lowest BCUT2D eigenvalue weighted by atomic mass is 10.1. The van der Waals surface area contributed by atoms with Crippen molar-refractivity contribution in [3.05, 3.63) is 29.8 Å². The molecule has 6 heteroatoms. The van der Waals surface area contributed by atoms with Gasteiger partial charge in [0.25, 0.3) is 18.0 Å². The van der Waals surface area contributed by atoms with E-state index in [1.54, 1.807) is 13.2 Å². The van der Waals surface area contributed by atoms with Crippen LogP contribution >= 0.6 is 0 Å². The fourth-order valence-electron chi connectivity index (χ4n) is 1.38. The van der Waals surface area contributed by atoms with Crippen LogP contribution in [0, 0.1) is 0 Å². The SMILES string of the molecule is COc1cccc(CCNC(=O)C(F)C(N)=O)c1. The second-order valence-corrected chi connectivity index (χ2v) is 3.66. The highest BCUT2D eigenvalue weighted by atomic mass is 19.1. The van der Waals surface area contributed by atoms with Crippen molar-refractivity contribution in [1.29, 1.82) is 0 Å². The number of halogens is 1. The fraction of sp³-hybridized carbons (Fsp3) is 0.333. The predicted octanol–water partition coefficient (Wildman–Crippen LogP) is 0.177. The smallest absolute Gasteiger partial charge is 0.264 e. The molecular formula is C12H15FN2O3. The number of hydrogen-bond donors (Lipinski definition) is 2. The molecule has 18 heavy (non-hydrogen) atoms. The van der Waals surface area contributed by atoms with Gasteiger partial charge in [-0.25, -0.2) is 4.39 Å². The van der Waals surface area contributed by atoms with E-state index in [1.807, 2.05) is 18.2 Å². The Morgan fingerprint density at radius 2 is 2.22 bits per heavy atom. The Labute approximate surface area is 104 Å². The quantitative estimate of drug-likeness (QED) is 0.710. The van der Waals surface area contributed by atoms with Crippen LogP contribution in [0.5, 0.6) is 5.75 Å². The van der Waals surface area contributed by atoms with Gasteiger partial charge in [-0.05, 0) is 24.1 Å². The molecule has 0 aliphatic carbocycles. The number of methoxy groups -OCH3 is 1. The largest absolute Gasteiger partial charge is 0.497 e. The maximum absolute atomic E-state index is 12.9. The number of nitrogens with one attached hydrogen (secondary N) is 1. The van der Waals surface area contributed by atoms with E-state index in [0.717, 1.165) is 5.56 Å². The minimum Gasteiger partial charge on any atom is -0.497 e. The van der Waals surface area contributed by atoms with Gasteiger partial charge in [-0.3, -0.25) is 9.59 Å². The number of carbonyl (C=O) groups is 2. The van der Waals surface area contributed by atoms with Gasteiger partial charge in [0.05, 0.1) is 7.11 Å². The topological polar surface area (TPSA) is 81.4 Å². The zero-order valence-electron chi connectivity index (χ0n) is 9.98. The Hall–Kier alpha value is -2.11. The van der Waals surface area contributed by atoms with E-state index < -0.39 is 18.0 Å². The lowest BCUT2D eigenvalue weighted by molar-refractivity contribution is -0.134. The molecular weight excluding hydrogens is 239 g/mol. The number of carbonyl (C=O) groups excluding carboxylic acids is 2. The first kappa shape index (κ1) is 14.0. The van der Waals surface area contributed by atoms with Crippen LogP contribution in [0.25, 0.3) is 0 Å². The lowest BCUT2D eigenvalue weighted by Crippen LogP contribution is -2.41. The van der Waals surface area contributed by atoms with Crippen LogP contribution in [0.1, 0.15) is 5.56 Å². The first-order valence-electron chi connectivity index (χ1n) is 5.38. The minimum absolute atomic E-state index is 0.222. The van der Waals surface area contributed by atoms with Crippen molar-refractivity contribution in [2.24, 2.45) is 5.73 Å². The van der Waals surface area contributed by atoms with Gasteiger partial charge in [-0.2, -0.15) is 0 Å². The molecule has 3 N–H and O–H groups in total. The summed E-state index contributed by atoms with van der Waals surface area (Å²) in [5.41, 5.74) is 5.60. The Balaban J connectivity index is 2.41. The number of ether oxygens (including phenoxy) is 1. The van der Waals surface area contributed by atoms with Gasteiger partial charge in [-0.15, -0.1) is 0 Å². The molecule has 0 heterocycles. The third-order valence-corrected chi connectivity index (χ3v) is 2.33. The van der Waals surface area contributed by atoms with E-state index >= 15 is 0 Å². The number of nitrogens with two attached hydrogens (primary N) is 1. The summed E-state index contributed by atoms with van der Waals surface area (Å²) in [6, 6.07) is 7.28. The zero-order valence-corrected chi connectivity index (χ0v) is 9.98. The van der Waals surface area contributed by atoms with Crippen molar-refractivity contribution >= 4 is 11.8 Å². The summed E-state index contributed by atoms with van der Waals surface area (Å²) in [7, 11) is 1.56. The van der Waals surface area contributed by atoms with Gasteiger partial charge in [0, 0.05) is 6.54 Å². The summed E-state index contributed by atoms with van der Waals surface area (Å²) in [5, 5.41) is 2.29. The molecule has 0 bridgehead atoms. The number of hydrogen-bond acceptors (Lipinski definition) is 3. The predicted molar refractivity (Wildman–Crippen MR) is 63.8 cm³/mol. The highest BCUT2D eigenvalue weighted by molar-refractivity contribution is 6.02. The monoisotopic (exact) mass is 254 g/mol. The molecule has 1 atom stereocenters. The van der Waals surface area contributed by atoms with E-state index in [1.165, 1.54) is 0 Å². The van der Waals surface area contributed by atoms with Gasteiger partial charge >= 0.3 is 0 Å². The Morgan fingerprint density at radius 1 is 1.50 bits per heavy atom. The minimum atomic E-state index is -2.30. The van der Waals surface area contributed by atoms with Gasteiger partial charge < -0.3 is 15.8 Å². The molecule has 0 fully saturated rings. The Bertz CT molecular complexity index is 437. The number of alkyl halides is 1. The molecule has 1 aromatic rings. The van der Waals surface area contributed by atoms with E-state index in [0.29, 0.717) is 12.2 Å². The van der Waals surface area contributed by atoms with Gasteiger partial charge in [-0.1, -0.05) is 12.1 Å². The molecule has 2 amide bonds. The molecule has 0 aliphatic heterocycles. The average molecular weight is 254 g/mol. The van der Waals surface area contributed by atoms with Crippen LogP contribution in [0.2, 0.25) is 0 Å². The molecule has 98 valence electrons. The number of benzene rings is 1. The standard InChI is InChI=1S/C12H15FN2O3/c1-18-9-4-2-3-8(7-9)5-6-15-12(17)10(13)11(14)16/h2-4,7,10H,5-6H2,1H3,(H2,14,16)(H,15,17). The third-order valence-electron chi connectivity index (χ3n) is 2.33. The van der Waals surface area contributed by atoms with Crippen LogP contribution in [0.4, 0.5) is 4.39 Å². The van der Waals surface area contributed by atoms with Gasteiger partial charge in [0.15, 0.2) is 0 Å². The summed E-state index contributed by atoms with van der Waals surface area (Å²) in [5.74, 6) is -1.58. The van der Waals surface area contributed by atoms with E-state index in [4.69, 9.17) is 4.74 Å². The van der Waals surface area contributed by atoms with E-state index in [2.05, 4.69) is 11.1 Å². The summed E-state index contributed by atoms with van der Waals surface area (Å²) in [6.07, 6.45) is -1.79. The summed E-state index contributed by atoms with van der Waals surface area (Å²) >= 11 is 0. The first-order chi connectivity index (χ1) is 8.54. The van der Waals surface area contributed by atoms with E-state index in [-0.39, 0.29) is 6.54 Å². The van der Waals surface area contributed by atoms with Gasteiger partial charge in [0.1, 0.15) is 5.75 Å². The summed E-state index contributed by atoms with van der Waals surface area (Å²) in [4.78, 5) is 21.5. The van der Waals surface area contributed by atoms with Crippen molar-refractivity contribution in [3.8, 4) is 5.75 Å². The van der Waals surface area contributed by atoms with Crippen LogP contribution in [-0.2, 0) is 16.0 Å². The molecule has 1 rings (SSSR count). The highest BCUT2D eigenvalue weighted by Gasteiger charge is 2.22.